The van der Waals surface area contributed by atoms with Crippen LogP contribution in [0.25, 0.3) is 6.08 Å². The van der Waals surface area contributed by atoms with Crippen LogP contribution in [0, 0.1) is 5.82 Å². The van der Waals surface area contributed by atoms with Gasteiger partial charge in [-0.25, -0.2) is 22.3 Å². The third-order valence-electron chi connectivity index (χ3n) is 2.01. The average Bonchev–Trinajstić information content (AvgIpc) is 2.25. The highest BCUT2D eigenvalue weighted by molar-refractivity contribution is 7.88. The quantitative estimate of drug-likeness (QED) is 0.783. The Hall–Kier alpha value is -1.73. The first-order valence-corrected chi connectivity index (χ1v) is 6.81. The summed E-state index contributed by atoms with van der Waals surface area (Å²) in [5.74, 6) is -1.67. The van der Waals surface area contributed by atoms with Gasteiger partial charge in [-0.3, -0.25) is 0 Å². The standard InChI is InChI=1S/C11H12FNO4S/c1-18(16,17)13-7-9-6-8(2-4-10(9)12)3-5-11(14)15/h2-6,13H,7H2,1H3,(H,14,15)/b5-3+. The summed E-state index contributed by atoms with van der Waals surface area (Å²) in [6, 6.07) is 3.94. The molecule has 0 saturated heterocycles. The van der Waals surface area contributed by atoms with Crippen molar-refractivity contribution in [1.82, 2.24) is 4.72 Å². The zero-order chi connectivity index (χ0) is 13.8. The predicted octanol–water partition coefficient (Wildman–Crippen LogP) is 0.973. The van der Waals surface area contributed by atoms with Crippen molar-refractivity contribution in [1.29, 1.82) is 0 Å². The van der Waals surface area contributed by atoms with Crippen LogP contribution in [-0.2, 0) is 21.4 Å². The molecule has 1 aromatic carbocycles. The lowest BCUT2D eigenvalue weighted by atomic mass is 10.1. The molecule has 18 heavy (non-hydrogen) atoms. The monoisotopic (exact) mass is 273 g/mol. The van der Waals surface area contributed by atoms with Crippen LogP contribution in [0.15, 0.2) is 24.3 Å². The van der Waals surface area contributed by atoms with Gasteiger partial charge in [-0.1, -0.05) is 6.07 Å². The minimum Gasteiger partial charge on any atom is -0.478 e. The highest BCUT2D eigenvalue weighted by Crippen LogP contribution is 2.12. The number of nitrogens with one attached hydrogen (secondary N) is 1. The fraction of sp³-hybridized carbons (Fsp3) is 0.182. The molecule has 0 aliphatic rings. The van der Waals surface area contributed by atoms with E-state index in [2.05, 4.69) is 4.72 Å². The molecular weight excluding hydrogens is 261 g/mol. The van der Waals surface area contributed by atoms with Crippen LogP contribution in [0.3, 0.4) is 0 Å². The zero-order valence-corrected chi connectivity index (χ0v) is 10.4. The molecule has 1 rings (SSSR count). The maximum Gasteiger partial charge on any atom is 0.328 e. The first-order valence-electron chi connectivity index (χ1n) is 4.92. The molecule has 0 unspecified atom stereocenters. The molecule has 0 aromatic heterocycles. The van der Waals surface area contributed by atoms with Crippen molar-refractivity contribution in [3.05, 3.63) is 41.2 Å². The molecule has 0 bridgehead atoms. The number of carbonyl (C=O) groups is 1. The molecule has 0 aliphatic carbocycles. The predicted molar refractivity (Wildman–Crippen MR) is 64.8 cm³/mol. The summed E-state index contributed by atoms with van der Waals surface area (Å²) in [5.41, 5.74) is 0.622. The van der Waals surface area contributed by atoms with E-state index in [1.807, 2.05) is 0 Å². The van der Waals surface area contributed by atoms with Gasteiger partial charge in [-0.05, 0) is 23.8 Å². The van der Waals surface area contributed by atoms with Gasteiger partial charge in [-0.15, -0.1) is 0 Å². The number of sulfonamides is 1. The number of hydrogen-bond acceptors (Lipinski definition) is 3. The van der Waals surface area contributed by atoms with E-state index in [9.17, 15) is 17.6 Å². The Morgan fingerprint density at radius 1 is 1.50 bits per heavy atom. The van der Waals surface area contributed by atoms with E-state index < -0.39 is 21.8 Å². The molecule has 0 amide bonds. The van der Waals surface area contributed by atoms with Crippen molar-refractivity contribution in [2.24, 2.45) is 0 Å². The molecule has 1 aromatic rings. The van der Waals surface area contributed by atoms with Crippen LogP contribution in [0.1, 0.15) is 11.1 Å². The van der Waals surface area contributed by atoms with Crippen molar-refractivity contribution in [3.8, 4) is 0 Å². The first kappa shape index (κ1) is 14.3. The van der Waals surface area contributed by atoms with Crippen molar-refractivity contribution in [2.75, 3.05) is 6.26 Å². The second kappa shape index (κ2) is 5.74. The summed E-state index contributed by atoms with van der Waals surface area (Å²) < 4.78 is 37.3. The molecule has 0 saturated carbocycles. The number of carboxylic acid groups (broad SMARTS) is 1. The fourth-order valence-corrected chi connectivity index (χ4v) is 1.63. The second-order valence-corrected chi connectivity index (χ2v) is 5.45. The highest BCUT2D eigenvalue weighted by atomic mass is 32.2. The van der Waals surface area contributed by atoms with Crippen LogP contribution in [0.2, 0.25) is 0 Å². The van der Waals surface area contributed by atoms with Crippen LogP contribution in [0.5, 0.6) is 0 Å². The second-order valence-electron chi connectivity index (χ2n) is 3.62. The Morgan fingerprint density at radius 2 is 2.17 bits per heavy atom. The van der Waals surface area contributed by atoms with Gasteiger partial charge >= 0.3 is 5.97 Å². The average molecular weight is 273 g/mol. The first-order chi connectivity index (χ1) is 8.28. The molecule has 7 heteroatoms. The molecule has 0 radical (unpaired) electrons. The van der Waals surface area contributed by atoms with Crippen LogP contribution < -0.4 is 4.72 Å². The van der Waals surface area contributed by atoms with Crippen molar-refractivity contribution >= 4 is 22.1 Å². The molecule has 0 fully saturated rings. The summed E-state index contributed by atoms with van der Waals surface area (Å²) in [5, 5.41) is 8.46. The Labute approximate surface area is 104 Å². The largest absolute Gasteiger partial charge is 0.478 e. The van der Waals surface area contributed by atoms with Crippen molar-refractivity contribution in [3.63, 3.8) is 0 Å². The molecule has 0 heterocycles. The fourth-order valence-electron chi connectivity index (χ4n) is 1.21. The number of rotatable bonds is 5. The summed E-state index contributed by atoms with van der Waals surface area (Å²) in [6.07, 6.45) is 3.19. The molecule has 2 N–H and O–H groups in total. The van der Waals surface area contributed by atoms with E-state index >= 15 is 0 Å². The topological polar surface area (TPSA) is 83.5 Å². The highest BCUT2D eigenvalue weighted by Gasteiger charge is 2.06. The summed E-state index contributed by atoms with van der Waals surface area (Å²) in [6.45, 7) is -0.181. The van der Waals surface area contributed by atoms with Crippen LogP contribution >= 0.6 is 0 Å². The van der Waals surface area contributed by atoms with Gasteiger partial charge in [0.1, 0.15) is 5.82 Å². The smallest absolute Gasteiger partial charge is 0.328 e. The van der Waals surface area contributed by atoms with E-state index in [4.69, 9.17) is 5.11 Å². The summed E-state index contributed by atoms with van der Waals surface area (Å²) in [7, 11) is -3.41. The molecule has 5 nitrogen and oxygen atoms in total. The molecule has 0 aliphatic heterocycles. The van der Waals surface area contributed by atoms with Crippen molar-refractivity contribution in [2.45, 2.75) is 6.54 Å². The Balaban J connectivity index is 2.91. The minimum atomic E-state index is -3.41. The maximum absolute atomic E-state index is 13.4. The molecular formula is C11H12FNO4S. The van der Waals surface area contributed by atoms with Gasteiger partial charge in [0, 0.05) is 18.2 Å². The number of halogens is 1. The van der Waals surface area contributed by atoms with Gasteiger partial charge < -0.3 is 5.11 Å². The third kappa shape index (κ3) is 5.07. The lowest BCUT2D eigenvalue weighted by Gasteiger charge is -2.05. The maximum atomic E-state index is 13.4. The Morgan fingerprint density at radius 3 is 2.72 bits per heavy atom. The van der Waals surface area contributed by atoms with Gasteiger partial charge in [0.15, 0.2) is 0 Å². The van der Waals surface area contributed by atoms with Gasteiger partial charge in [0.2, 0.25) is 10.0 Å². The Kier molecular flexibility index (Phi) is 4.57. The van der Waals surface area contributed by atoms with Crippen LogP contribution in [0.4, 0.5) is 4.39 Å². The molecule has 98 valence electrons. The van der Waals surface area contributed by atoms with E-state index in [-0.39, 0.29) is 12.1 Å². The van der Waals surface area contributed by atoms with E-state index in [1.54, 1.807) is 0 Å². The molecule has 0 spiro atoms. The van der Waals surface area contributed by atoms with E-state index in [0.29, 0.717) is 5.56 Å². The zero-order valence-electron chi connectivity index (χ0n) is 9.55. The SMILES string of the molecule is CS(=O)(=O)NCc1cc(/C=C/C(=O)O)ccc1F. The summed E-state index contributed by atoms with van der Waals surface area (Å²) in [4.78, 5) is 10.3. The number of carboxylic acids is 1. The minimum absolute atomic E-state index is 0.146. The summed E-state index contributed by atoms with van der Waals surface area (Å²) >= 11 is 0. The molecule has 0 atom stereocenters. The third-order valence-corrected chi connectivity index (χ3v) is 2.68. The van der Waals surface area contributed by atoms with Gasteiger partial charge in [0.05, 0.1) is 6.26 Å². The lowest BCUT2D eigenvalue weighted by molar-refractivity contribution is -0.131. The normalized spacial score (nSPS) is 11.9. The van der Waals surface area contributed by atoms with Gasteiger partial charge in [-0.2, -0.15) is 0 Å². The van der Waals surface area contributed by atoms with Gasteiger partial charge in [0.25, 0.3) is 0 Å². The van der Waals surface area contributed by atoms with Crippen molar-refractivity contribution < 1.29 is 22.7 Å². The lowest BCUT2D eigenvalue weighted by Crippen LogP contribution is -2.21. The van der Waals surface area contributed by atoms with E-state index in [1.165, 1.54) is 18.2 Å². The number of hydrogen-bond donors (Lipinski definition) is 2. The number of aliphatic carboxylic acids is 1. The van der Waals surface area contributed by atoms with Crippen LogP contribution in [-0.4, -0.2) is 25.7 Å². The Bertz CT molecular complexity index is 581. The van der Waals surface area contributed by atoms with E-state index in [0.717, 1.165) is 18.4 Å². The number of benzene rings is 1.